The number of nitrogens with one attached hydrogen (secondary N) is 1. The monoisotopic (exact) mass is 501 g/mol. The molecule has 2 aromatic rings. The van der Waals surface area contributed by atoms with Gasteiger partial charge in [0.05, 0.1) is 19.1 Å². The standard InChI is InChI=1S/C26H35N3O5S/c1-19-9-5-6-10-21(19)17-28(20(2)26(31)27-22-11-7-8-12-22)25(30)18-29(35(4,32)33)23-13-15-24(34-3)16-14-23/h5-6,9-10,13-16,20,22H,7-8,11-12,17-18H2,1-4H3,(H,27,31). The molecule has 2 amide bonds. The zero-order chi connectivity index (χ0) is 25.6. The van der Waals surface area contributed by atoms with E-state index in [-0.39, 0.29) is 18.5 Å². The van der Waals surface area contributed by atoms with Gasteiger partial charge in [-0.1, -0.05) is 37.1 Å². The highest BCUT2D eigenvalue weighted by Gasteiger charge is 2.31. The molecule has 35 heavy (non-hydrogen) atoms. The van der Waals surface area contributed by atoms with Crippen molar-refractivity contribution in [3.8, 4) is 5.75 Å². The van der Waals surface area contributed by atoms with Crippen LogP contribution >= 0.6 is 0 Å². The molecule has 0 spiro atoms. The zero-order valence-corrected chi connectivity index (χ0v) is 21.7. The number of rotatable bonds is 10. The first kappa shape index (κ1) is 26.5. The highest BCUT2D eigenvalue weighted by molar-refractivity contribution is 7.92. The molecule has 0 saturated heterocycles. The number of hydrogen-bond acceptors (Lipinski definition) is 5. The fourth-order valence-corrected chi connectivity index (χ4v) is 5.16. The number of benzene rings is 2. The molecule has 0 heterocycles. The van der Waals surface area contributed by atoms with Crippen molar-refractivity contribution >= 4 is 27.5 Å². The van der Waals surface area contributed by atoms with Crippen molar-refractivity contribution in [2.24, 2.45) is 0 Å². The van der Waals surface area contributed by atoms with Gasteiger partial charge in [-0.05, 0) is 62.1 Å². The molecule has 190 valence electrons. The van der Waals surface area contributed by atoms with Crippen LogP contribution in [0.1, 0.15) is 43.7 Å². The van der Waals surface area contributed by atoms with Crippen LogP contribution in [0.15, 0.2) is 48.5 Å². The topological polar surface area (TPSA) is 96.0 Å². The van der Waals surface area contributed by atoms with Gasteiger partial charge in [0, 0.05) is 12.6 Å². The normalized spacial score (nSPS) is 14.9. The summed E-state index contributed by atoms with van der Waals surface area (Å²) < 4.78 is 31.5. The van der Waals surface area contributed by atoms with Crippen LogP contribution in [0.5, 0.6) is 5.75 Å². The maximum Gasteiger partial charge on any atom is 0.244 e. The van der Waals surface area contributed by atoms with Gasteiger partial charge in [0.25, 0.3) is 0 Å². The van der Waals surface area contributed by atoms with E-state index in [4.69, 9.17) is 4.74 Å². The molecule has 1 aliphatic rings. The van der Waals surface area contributed by atoms with Gasteiger partial charge in [0.2, 0.25) is 21.8 Å². The van der Waals surface area contributed by atoms with Crippen molar-refractivity contribution < 1.29 is 22.7 Å². The number of nitrogens with zero attached hydrogens (tertiary/aromatic N) is 2. The summed E-state index contributed by atoms with van der Waals surface area (Å²) in [6, 6.07) is 13.5. The van der Waals surface area contributed by atoms with Gasteiger partial charge in [0.1, 0.15) is 18.3 Å². The predicted octanol–water partition coefficient (Wildman–Crippen LogP) is 3.25. The average Bonchev–Trinajstić information content (AvgIpc) is 3.34. The second-order valence-corrected chi connectivity index (χ2v) is 11.0. The third-order valence-corrected chi connectivity index (χ3v) is 7.65. The summed E-state index contributed by atoms with van der Waals surface area (Å²) in [6.45, 7) is 3.42. The second-order valence-electron chi connectivity index (χ2n) is 9.08. The summed E-state index contributed by atoms with van der Waals surface area (Å²) >= 11 is 0. The van der Waals surface area contributed by atoms with E-state index in [0.29, 0.717) is 11.4 Å². The number of methoxy groups -OCH3 is 1. The van der Waals surface area contributed by atoms with Crippen LogP contribution in [0.25, 0.3) is 0 Å². The molecule has 1 fully saturated rings. The second kappa shape index (κ2) is 11.6. The highest BCUT2D eigenvalue weighted by atomic mass is 32.2. The van der Waals surface area contributed by atoms with E-state index in [1.54, 1.807) is 31.2 Å². The van der Waals surface area contributed by atoms with E-state index >= 15 is 0 Å². The third-order valence-electron chi connectivity index (χ3n) is 6.51. The smallest absolute Gasteiger partial charge is 0.244 e. The first-order valence-corrected chi connectivity index (χ1v) is 13.7. The van der Waals surface area contributed by atoms with Gasteiger partial charge in [0.15, 0.2) is 0 Å². The summed E-state index contributed by atoms with van der Waals surface area (Å²) in [5.41, 5.74) is 2.24. The fourth-order valence-electron chi connectivity index (χ4n) is 4.31. The maximum absolute atomic E-state index is 13.6. The van der Waals surface area contributed by atoms with E-state index in [9.17, 15) is 18.0 Å². The Bertz CT molecular complexity index is 1130. The summed E-state index contributed by atoms with van der Waals surface area (Å²) in [5.74, 6) is -0.107. The molecule has 1 unspecified atom stereocenters. The van der Waals surface area contributed by atoms with Gasteiger partial charge in [-0.25, -0.2) is 8.42 Å². The minimum absolute atomic E-state index is 0.118. The lowest BCUT2D eigenvalue weighted by atomic mass is 10.1. The van der Waals surface area contributed by atoms with Crippen LogP contribution < -0.4 is 14.4 Å². The van der Waals surface area contributed by atoms with E-state index in [2.05, 4.69) is 5.32 Å². The number of ether oxygens (including phenoxy) is 1. The van der Waals surface area contributed by atoms with Crippen LogP contribution in [0.3, 0.4) is 0 Å². The molecule has 1 atom stereocenters. The minimum Gasteiger partial charge on any atom is -0.497 e. The minimum atomic E-state index is -3.77. The van der Waals surface area contributed by atoms with Gasteiger partial charge in [-0.2, -0.15) is 0 Å². The largest absolute Gasteiger partial charge is 0.497 e. The van der Waals surface area contributed by atoms with Gasteiger partial charge < -0.3 is 15.0 Å². The Hall–Kier alpha value is -3.07. The van der Waals surface area contributed by atoms with Crippen LogP contribution in [0, 0.1) is 6.92 Å². The summed E-state index contributed by atoms with van der Waals surface area (Å²) in [5, 5.41) is 3.06. The Balaban J connectivity index is 1.88. The Morgan fingerprint density at radius 1 is 1.09 bits per heavy atom. The first-order chi connectivity index (χ1) is 16.6. The molecule has 3 rings (SSSR count). The van der Waals surface area contributed by atoms with Gasteiger partial charge in [-0.15, -0.1) is 0 Å². The van der Waals surface area contributed by atoms with Crippen molar-refractivity contribution in [3.05, 3.63) is 59.7 Å². The fraction of sp³-hybridized carbons (Fsp3) is 0.462. The number of aryl methyl sites for hydroxylation is 1. The van der Waals surface area contributed by atoms with Crippen molar-refractivity contribution in [1.82, 2.24) is 10.2 Å². The molecule has 1 N–H and O–H groups in total. The number of carbonyl (C=O) groups is 2. The zero-order valence-electron chi connectivity index (χ0n) is 20.9. The van der Waals surface area contributed by atoms with Crippen LogP contribution in [-0.4, -0.2) is 57.1 Å². The Morgan fingerprint density at radius 3 is 2.29 bits per heavy atom. The van der Waals surface area contributed by atoms with Crippen LogP contribution in [0.2, 0.25) is 0 Å². The Kier molecular flexibility index (Phi) is 8.77. The lowest BCUT2D eigenvalue weighted by molar-refractivity contribution is -0.139. The highest BCUT2D eigenvalue weighted by Crippen LogP contribution is 2.23. The van der Waals surface area contributed by atoms with Crippen molar-refractivity contribution in [1.29, 1.82) is 0 Å². The Morgan fingerprint density at radius 2 is 1.71 bits per heavy atom. The lowest BCUT2D eigenvalue weighted by Crippen LogP contribution is -2.52. The van der Waals surface area contributed by atoms with Crippen molar-refractivity contribution in [2.75, 3.05) is 24.2 Å². The molecular formula is C26H35N3O5S. The van der Waals surface area contributed by atoms with Gasteiger partial charge >= 0.3 is 0 Å². The van der Waals surface area contributed by atoms with Crippen LogP contribution in [-0.2, 0) is 26.2 Å². The Labute approximate surface area is 208 Å². The summed E-state index contributed by atoms with van der Waals surface area (Å²) in [7, 11) is -2.25. The number of anilines is 1. The van der Waals surface area contributed by atoms with Crippen molar-refractivity contribution in [3.63, 3.8) is 0 Å². The third kappa shape index (κ3) is 6.97. The first-order valence-electron chi connectivity index (χ1n) is 11.9. The van der Waals surface area contributed by atoms with Gasteiger partial charge in [-0.3, -0.25) is 13.9 Å². The summed E-state index contributed by atoms with van der Waals surface area (Å²) in [6.07, 6.45) is 5.09. The maximum atomic E-state index is 13.6. The molecule has 0 bridgehead atoms. The molecule has 1 aliphatic carbocycles. The predicted molar refractivity (Wildman–Crippen MR) is 137 cm³/mol. The number of carbonyl (C=O) groups excluding carboxylic acids is 2. The molecule has 0 radical (unpaired) electrons. The molecule has 0 aromatic heterocycles. The molecular weight excluding hydrogens is 466 g/mol. The average molecular weight is 502 g/mol. The SMILES string of the molecule is COc1ccc(N(CC(=O)N(Cc2ccccc2C)C(C)C(=O)NC2CCCC2)S(C)(=O)=O)cc1. The van der Waals surface area contributed by atoms with E-state index in [0.717, 1.165) is 47.4 Å². The molecule has 1 saturated carbocycles. The number of sulfonamides is 1. The molecule has 2 aromatic carbocycles. The number of amides is 2. The van der Waals surface area contributed by atoms with Crippen LogP contribution in [0.4, 0.5) is 5.69 Å². The molecule has 8 nitrogen and oxygen atoms in total. The quantitative estimate of drug-likeness (QED) is 0.539. The van der Waals surface area contributed by atoms with E-state index in [1.165, 1.54) is 12.0 Å². The summed E-state index contributed by atoms with van der Waals surface area (Å²) in [4.78, 5) is 28.2. The molecule has 9 heteroatoms. The number of hydrogen-bond donors (Lipinski definition) is 1. The lowest BCUT2D eigenvalue weighted by Gasteiger charge is -2.32. The van der Waals surface area contributed by atoms with E-state index < -0.39 is 28.5 Å². The van der Waals surface area contributed by atoms with Crippen molar-refractivity contribution in [2.45, 2.75) is 58.2 Å². The molecule has 0 aliphatic heterocycles. The van der Waals surface area contributed by atoms with E-state index in [1.807, 2.05) is 31.2 Å².